The van der Waals surface area contributed by atoms with Crippen molar-refractivity contribution in [2.45, 2.75) is 41.5 Å². The number of imidazole rings is 1. The molecule has 4 rings (SSSR count). The Morgan fingerprint density at radius 1 is 1.09 bits per heavy atom. The minimum Gasteiger partial charge on any atom is -0.492 e. The lowest BCUT2D eigenvalue weighted by Crippen LogP contribution is -2.03. The first-order valence-corrected chi connectivity index (χ1v) is 14.7. The van der Waals surface area contributed by atoms with Gasteiger partial charge in [0.15, 0.2) is 11.4 Å². The quantitative estimate of drug-likeness (QED) is 0.156. The van der Waals surface area contributed by atoms with Gasteiger partial charge in [-0.05, 0) is 48.0 Å². The van der Waals surface area contributed by atoms with Crippen molar-refractivity contribution in [2.75, 3.05) is 12.4 Å². The number of hydrogen-bond acceptors (Lipinski definition) is 6. The second kappa shape index (κ2) is 12.3. The van der Waals surface area contributed by atoms with Crippen LogP contribution < -0.4 is 10.1 Å². The summed E-state index contributed by atoms with van der Waals surface area (Å²) in [5.74, 6) is 2.21. The average Bonchev–Trinajstić information content (AvgIpc) is 3.38. The van der Waals surface area contributed by atoms with Crippen molar-refractivity contribution < 1.29 is 4.74 Å². The highest BCUT2D eigenvalue weighted by Gasteiger charge is 2.17. The van der Waals surface area contributed by atoms with Crippen molar-refractivity contribution >= 4 is 62.6 Å². The molecule has 0 bridgehead atoms. The number of aryl methyl sites for hydroxylation is 2. The van der Waals surface area contributed by atoms with Gasteiger partial charge in [-0.1, -0.05) is 45.4 Å². The first kappa shape index (κ1) is 26.3. The minimum absolute atomic E-state index is 0.396. The molecule has 0 radical (unpaired) electrons. The lowest BCUT2D eigenvalue weighted by Gasteiger charge is -2.15. The maximum Gasteiger partial charge on any atom is 0.167 e. The van der Waals surface area contributed by atoms with E-state index in [9.17, 15) is 0 Å². The van der Waals surface area contributed by atoms with Crippen molar-refractivity contribution in [3.8, 4) is 11.4 Å². The maximum atomic E-state index is 6.29. The highest BCUT2D eigenvalue weighted by Crippen LogP contribution is 2.38. The number of halogens is 2. The molecule has 8 nitrogen and oxygen atoms in total. The number of aromatic nitrogens is 6. The topological polar surface area (TPSA) is 82.7 Å². The van der Waals surface area contributed by atoms with Crippen LogP contribution in [0.1, 0.15) is 39.3 Å². The Balaban J connectivity index is 0.000000860. The number of rotatable bonds is 5. The molecule has 0 aliphatic rings. The zero-order valence-corrected chi connectivity index (χ0v) is 23.1. The molecule has 0 aliphatic heterocycles. The summed E-state index contributed by atoms with van der Waals surface area (Å²) < 4.78 is 9.41. The number of fused-ring (bicyclic) bond motifs is 1. The molecule has 4 aromatic rings. The molecule has 0 amide bonds. The fourth-order valence-corrected chi connectivity index (χ4v) is 5.28. The van der Waals surface area contributed by atoms with Crippen molar-refractivity contribution in [1.29, 1.82) is 0 Å². The third-order valence-electron chi connectivity index (χ3n) is 4.16. The average molecular weight is 588 g/mol. The molecular formula is C21H28ClIN7OP. The van der Waals surface area contributed by atoms with E-state index in [2.05, 4.69) is 47.4 Å². The van der Waals surface area contributed by atoms with E-state index in [4.69, 9.17) is 16.3 Å². The molecule has 0 aliphatic carbocycles. The number of benzene rings is 1. The molecular weight excluding hydrogens is 560 g/mol. The van der Waals surface area contributed by atoms with E-state index in [-0.39, 0.29) is 0 Å². The number of para-hydroxylation sites is 1. The smallest absolute Gasteiger partial charge is 0.167 e. The number of anilines is 2. The zero-order valence-electron chi connectivity index (χ0n) is 19.2. The standard InChI is InChI=1S/C17H16ClIN7OP.2C2H6/c1-9-20-8-25(24-9)13-6-4-5-11(16(13)27-3)22-12-7-14(18)23-17-15(12)21-10(2)26(17)28-19;2*1-2/h4-8,28H,1-3H3,(H,22,23);2*1-2H3. The molecule has 1 aromatic carbocycles. The molecule has 1 N–H and O–H groups in total. The third-order valence-corrected chi connectivity index (χ3v) is 6.50. The van der Waals surface area contributed by atoms with Crippen LogP contribution in [0.5, 0.6) is 5.75 Å². The van der Waals surface area contributed by atoms with Gasteiger partial charge in [0.1, 0.15) is 34.3 Å². The number of nitrogens with one attached hydrogen (secondary N) is 1. The second-order valence-corrected chi connectivity index (χ2v) is 8.41. The Morgan fingerprint density at radius 2 is 1.81 bits per heavy atom. The largest absolute Gasteiger partial charge is 0.492 e. The lowest BCUT2D eigenvalue weighted by molar-refractivity contribution is 0.413. The molecule has 3 aromatic heterocycles. The SMILES string of the molecule is CC.CC.COc1c(Nc2cc(Cl)nc3c2nc(C)n3PI)cccc1-n1cnc(C)n1. The normalized spacial score (nSPS) is 10.5. The number of ether oxygens (including phenoxy) is 1. The summed E-state index contributed by atoms with van der Waals surface area (Å²) in [7, 11) is 1.62. The van der Waals surface area contributed by atoms with Gasteiger partial charge in [0.2, 0.25) is 0 Å². The van der Waals surface area contributed by atoms with E-state index < -0.39 is 0 Å². The minimum atomic E-state index is 0.396. The Labute approximate surface area is 208 Å². The van der Waals surface area contributed by atoms with Gasteiger partial charge in [-0.3, -0.25) is 4.34 Å². The van der Waals surface area contributed by atoms with Gasteiger partial charge < -0.3 is 10.1 Å². The fourth-order valence-electron chi connectivity index (χ4n) is 2.95. The number of pyridine rings is 1. The van der Waals surface area contributed by atoms with Gasteiger partial charge in [-0.2, -0.15) is 5.10 Å². The Hall–Kier alpha value is -1.97. The van der Waals surface area contributed by atoms with Gasteiger partial charge >= 0.3 is 0 Å². The predicted octanol–water partition coefficient (Wildman–Crippen LogP) is 6.88. The van der Waals surface area contributed by atoms with Crippen LogP contribution in [-0.2, 0) is 0 Å². The number of methoxy groups -OCH3 is 1. The van der Waals surface area contributed by atoms with Gasteiger partial charge in [0.05, 0.1) is 24.9 Å². The second-order valence-electron chi connectivity index (χ2n) is 5.96. The van der Waals surface area contributed by atoms with E-state index in [0.717, 1.165) is 34.1 Å². The molecule has 1 atom stereocenters. The molecule has 0 saturated heterocycles. The highest BCUT2D eigenvalue weighted by atomic mass is 127. The van der Waals surface area contributed by atoms with E-state index in [1.807, 2.05) is 64.1 Å². The van der Waals surface area contributed by atoms with Crippen molar-refractivity contribution in [3.05, 3.63) is 47.4 Å². The van der Waals surface area contributed by atoms with Crippen LogP contribution in [0.15, 0.2) is 30.6 Å². The van der Waals surface area contributed by atoms with Crippen molar-refractivity contribution in [2.24, 2.45) is 0 Å². The molecule has 172 valence electrons. The molecule has 0 fully saturated rings. The maximum absolute atomic E-state index is 6.29. The zero-order chi connectivity index (χ0) is 23.8. The summed E-state index contributed by atoms with van der Waals surface area (Å²) in [6.07, 6.45) is 2.14. The molecule has 32 heavy (non-hydrogen) atoms. The first-order chi connectivity index (χ1) is 15.5. The molecule has 11 heteroatoms. The number of nitrogens with zero attached hydrogens (tertiary/aromatic N) is 6. The number of hydrogen-bond donors (Lipinski definition) is 1. The monoisotopic (exact) mass is 587 g/mol. The van der Waals surface area contributed by atoms with Crippen LogP contribution in [0.25, 0.3) is 16.9 Å². The van der Waals surface area contributed by atoms with Crippen molar-refractivity contribution in [1.82, 2.24) is 29.1 Å². The lowest BCUT2D eigenvalue weighted by atomic mass is 10.2. The first-order valence-electron chi connectivity index (χ1n) is 10.3. The highest BCUT2D eigenvalue weighted by molar-refractivity contribution is 14.2. The summed E-state index contributed by atoms with van der Waals surface area (Å²) in [5.41, 5.74) is 3.81. The van der Waals surface area contributed by atoms with Gasteiger partial charge in [0.25, 0.3) is 0 Å². The molecule has 0 spiro atoms. The van der Waals surface area contributed by atoms with Crippen LogP contribution in [0, 0.1) is 13.8 Å². The molecule has 0 saturated carbocycles. The molecule has 3 heterocycles. The van der Waals surface area contributed by atoms with Crippen LogP contribution >= 0.6 is 40.0 Å². The Morgan fingerprint density at radius 3 is 2.41 bits per heavy atom. The third kappa shape index (κ3) is 5.50. The van der Waals surface area contributed by atoms with Crippen molar-refractivity contribution in [3.63, 3.8) is 0 Å². The van der Waals surface area contributed by atoms with Crippen LogP contribution in [0.4, 0.5) is 11.4 Å². The van der Waals surface area contributed by atoms with E-state index in [1.165, 1.54) is 0 Å². The van der Waals surface area contributed by atoms with E-state index >= 15 is 0 Å². The van der Waals surface area contributed by atoms with Crippen LogP contribution in [0.2, 0.25) is 5.15 Å². The summed E-state index contributed by atoms with van der Waals surface area (Å²) in [6.45, 7) is 11.8. The summed E-state index contributed by atoms with van der Waals surface area (Å²) in [4.78, 5) is 13.3. The van der Waals surface area contributed by atoms with Gasteiger partial charge in [-0.15, -0.1) is 0 Å². The molecule has 1 unspecified atom stereocenters. The van der Waals surface area contributed by atoms with E-state index in [1.54, 1.807) is 24.2 Å². The Bertz CT molecular complexity index is 1180. The van der Waals surface area contributed by atoms with Crippen LogP contribution in [-0.4, -0.2) is 36.2 Å². The van der Waals surface area contributed by atoms with Gasteiger partial charge in [-0.25, -0.2) is 19.6 Å². The predicted molar refractivity (Wildman–Crippen MR) is 144 cm³/mol. The van der Waals surface area contributed by atoms with Gasteiger partial charge in [0, 0.05) is 6.07 Å². The summed E-state index contributed by atoms with van der Waals surface area (Å²) >= 11 is 8.59. The summed E-state index contributed by atoms with van der Waals surface area (Å²) in [6, 6.07) is 7.54. The fraction of sp³-hybridized carbons (Fsp3) is 0.333. The Kier molecular flexibility index (Phi) is 10.1. The van der Waals surface area contributed by atoms with E-state index in [0.29, 0.717) is 23.1 Å². The summed E-state index contributed by atoms with van der Waals surface area (Å²) in [5, 5.41) is 8.18. The van der Waals surface area contributed by atoms with Crippen LogP contribution in [0.3, 0.4) is 0 Å².